The van der Waals surface area contributed by atoms with Gasteiger partial charge in [0, 0.05) is 16.2 Å². The number of nitrogen functional groups attached to an aromatic ring is 1. The second-order valence-electron chi connectivity index (χ2n) is 3.50. The molecule has 2 unspecified atom stereocenters. The van der Waals surface area contributed by atoms with Gasteiger partial charge in [-0.3, -0.25) is 0 Å². The second-order valence-corrected chi connectivity index (χ2v) is 3.50. The van der Waals surface area contributed by atoms with Crippen LogP contribution in [-0.4, -0.2) is 22.9 Å². The highest BCUT2D eigenvalue weighted by molar-refractivity contribution is 5.52. The van der Waals surface area contributed by atoms with E-state index in [9.17, 15) is 10.2 Å². The van der Waals surface area contributed by atoms with Crippen LogP contribution in [0.5, 0.6) is 0 Å². The first-order valence-electron chi connectivity index (χ1n) is 4.80. The summed E-state index contributed by atoms with van der Waals surface area (Å²) >= 11 is 0. The van der Waals surface area contributed by atoms with Gasteiger partial charge in [0.2, 0.25) is 0 Å². The summed E-state index contributed by atoms with van der Waals surface area (Å²) in [5.74, 6) is 0. The van der Waals surface area contributed by atoms with Crippen LogP contribution in [-0.2, 0) is 0 Å². The van der Waals surface area contributed by atoms with Crippen molar-refractivity contribution in [1.82, 2.24) is 0 Å². The minimum absolute atomic E-state index is 0.189. The molecule has 4 N–H and O–H groups in total. The van der Waals surface area contributed by atoms with Crippen molar-refractivity contribution >= 4 is 5.69 Å². The SMILES string of the molecule is Cc1cccc(N)c1C(O)C(O)CN=[N+]=[N-]. The highest BCUT2D eigenvalue weighted by Gasteiger charge is 2.21. The maximum atomic E-state index is 9.86. The Hall–Kier alpha value is -1.75. The van der Waals surface area contributed by atoms with E-state index in [4.69, 9.17) is 11.3 Å². The lowest BCUT2D eigenvalue weighted by molar-refractivity contribution is 0.0245. The number of nitrogens with zero attached hydrogens (tertiary/aromatic N) is 3. The smallest absolute Gasteiger partial charge is 0.107 e. The van der Waals surface area contributed by atoms with Crippen molar-refractivity contribution in [2.45, 2.75) is 19.1 Å². The minimum Gasteiger partial charge on any atom is -0.398 e. The predicted molar refractivity (Wildman–Crippen MR) is 60.6 cm³/mol. The molecule has 0 aliphatic carbocycles. The number of rotatable bonds is 4. The van der Waals surface area contributed by atoms with Crippen LogP contribution in [0.15, 0.2) is 23.3 Å². The minimum atomic E-state index is -1.15. The molecular weight excluding hydrogens is 208 g/mol. The molecule has 16 heavy (non-hydrogen) atoms. The molecule has 1 aromatic rings. The summed E-state index contributed by atoms with van der Waals surface area (Å²) in [5, 5.41) is 22.7. The van der Waals surface area contributed by atoms with E-state index in [1.807, 2.05) is 0 Å². The van der Waals surface area contributed by atoms with Gasteiger partial charge in [-0.1, -0.05) is 17.2 Å². The van der Waals surface area contributed by atoms with Gasteiger partial charge in [0.05, 0.1) is 12.6 Å². The molecule has 0 heterocycles. The van der Waals surface area contributed by atoms with E-state index in [0.717, 1.165) is 5.56 Å². The van der Waals surface area contributed by atoms with Crippen molar-refractivity contribution in [1.29, 1.82) is 0 Å². The van der Waals surface area contributed by atoms with Gasteiger partial charge in [-0.25, -0.2) is 0 Å². The fraction of sp³-hybridized carbons (Fsp3) is 0.400. The first-order valence-corrected chi connectivity index (χ1v) is 4.80. The third kappa shape index (κ3) is 2.64. The third-order valence-corrected chi connectivity index (χ3v) is 2.35. The van der Waals surface area contributed by atoms with Crippen molar-refractivity contribution in [2.75, 3.05) is 12.3 Å². The molecule has 0 bridgehead atoms. The largest absolute Gasteiger partial charge is 0.398 e. The summed E-state index contributed by atoms with van der Waals surface area (Å²) in [4.78, 5) is 2.52. The summed E-state index contributed by atoms with van der Waals surface area (Å²) in [6, 6.07) is 5.20. The monoisotopic (exact) mass is 222 g/mol. The normalized spacial score (nSPS) is 13.9. The highest BCUT2D eigenvalue weighted by atomic mass is 16.3. The summed E-state index contributed by atoms with van der Waals surface area (Å²) in [5.41, 5.74) is 15.5. The van der Waals surface area contributed by atoms with Crippen LogP contribution in [0, 0.1) is 6.92 Å². The molecule has 0 aliphatic heterocycles. The zero-order valence-corrected chi connectivity index (χ0v) is 8.91. The van der Waals surface area contributed by atoms with Gasteiger partial charge in [0.1, 0.15) is 6.10 Å². The average Bonchev–Trinajstić information content (AvgIpc) is 2.25. The molecule has 0 amide bonds. The highest BCUT2D eigenvalue weighted by Crippen LogP contribution is 2.26. The third-order valence-electron chi connectivity index (χ3n) is 2.35. The number of azide groups is 1. The van der Waals surface area contributed by atoms with Crippen LogP contribution in [0.1, 0.15) is 17.2 Å². The Labute approximate surface area is 93.0 Å². The van der Waals surface area contributed by atoms with Crippen molar-refractivity contribution < 1.29 is 10.2 Å². The van der Waals surface area contributed by atoms with E-state index < -0.39 is 12.2 Å². The van der Waals surface area contributed by atoms with Crippen LogP contribution in [0.4, 0.5) is 5.69 Å². The second kappa shape index (κ2) is 5.37. The lowest BCUT2D eigenvalue weighted by Crippen LogP contribution is -2.22. The molecule has 0 radical (unpaired) electrons. The van der Waals surface area contributed by atoms with E-state index in [-0.39, 0.29) is 6.54 Å². The van der Waals surface area contributed by atoms with E-state index in [0.29, 0.717) is 11.3 Å². The number of hydrogen-bond donors (Lipinski definition) is 3. The van der Waals surface area contributed by atoms with Crippen LogP contribution in [0.2, 0.25) is 0 Å². The predicted octanol–water partition coefficient (Wildman–Crippen LogP) is 1.28. The number of aliphatic hydroxyl groups is 2. The average molecular weight is 222 g/mol. The van der Waals surface area contributed by atoms with Crippen molar-refractivity contribution in [3.05, 3.63) is 39.8 Å². The molecule has 6 heteroatoms. The van der Waals surface area contributed by atoms with Crippen LogP contribution >= 0.6 is 0 Å². The first-order chi connectivity index (χ1) is 7.57. The number of anilines is 1. The summed E-state index contributed by atoms with van der Waals surface area (Å²) < 4.78 is 0. The van der Waals surface area contributed by atoms with Crippen molar-refractivity contribution in [3.63, 3.8) is 0 Å². The standard InChI is InChI=1S/C10H14N4O2/c1-6-3-2-4-7(11)9(6)10(16)8(15)5-13-14-12/h2-4,8,10,15-16H,5,11H2,1H3. The quantitative estimate of drug-likeness (QED) is 0.308. The number of nitrogens with two attached hydrogens (primary N) is 1. The Morgan fingerprint density at radius 1 is 1.50 bits per heavy atom. The summed E-state index contributed by atoms with van der Waals surface area (Å²) in [6.45, 7) is 1.60. The van der Waals surface area contributed by atoms with Gasteiger partial charge in [-0.15, -0.1) is 0 Å². The number of benzene rings is 1. The topological polar surface area (TPSA) is 115 Å². The molecule has 0 spiro atoms. The number of aliphatic hydroxyl groups excluding tert-OH is 2. The maximum absolute atomic E-state index is 9.86. The fourth-order valence-corrected chi connectivity index (χ4v) is 1.52. The Morgan fingerprint density at radius 2 is 2.19 bits per heavy atom. The van der Waals surface area contributed by atoms with Gasteiger partial charge in [0.15, 0.2) is 0 Å². The van der Waals surface area contributed by atoms with Crippen LogP contribution in [0.25, 0.3) is 10.4 Å². The van der Waals surface area contributed by atoms with E-state index in [1.54, 1.807) is 25.1 Å². The number of aryl methyl sites for hydroxylation is 1. The van der Waals surface area contributed by atoms with E-state index in [2.05, 4.69) is 10.0 Å². The maximum Gasteiger partial charge on any atom is 0.107 e. The molecule has 0 fully saturated rings. The molecule has 2 atom stereocenters. The first kappa shape index (κ1) is 12.3. The van der Waals surface area contributed by atoms with Gasteiger partial charge in [-0.2, -0.15) is 0 Å². The van der Waals surface area contributed by atoms with Crippen molar-refractivity contribution in [3.8, 4) is 0 Å². The van der Waals surface area contributed by atoms with Crippen LogP contribution in [0.3, 0.4) is 0 Å². The Balaban J connectivity index is 2.95. The molecular formula is C10H14N4O2. The molecule has 0 saturated heterocycles. The fourth-order valence-electron chi connectivity index (χ4n) is 1.52. The molecule has 1 aromatic carbocycles. The molecule has 86 valence electrons. The molecule has 6 nitrogen and oxygen atoms in total. The Bertz CT molecular complexity index is 395. The van der Waals surface area contributed by atoms with Gasteiger partial charge >= 0.3 is 0 Å². The lowest BCUT2D eigenvalue weighted by Gasteiger charge is -2.20. The molecule has 0 saturated carbocycles. The van der Waals surface area contributed by atoms with Crippen molar-refractivity contribution in [2.24, 2.45) is 5.11 Å². The molecule has 0 aliphatic rings. The molecule has 0 aromatic heterocycles. The lowest BCUT2D eigenvalue weighted by atomic mass is 9.97. The summed E-state index contributed by atoms with van der Waals surface area (Å²) in [7, 11) is 0. The number of hydrogen-bond acceptors (Lipinski definition) is 4. The Kier molecular flexibility index (Phi) is 4.13. The van der Waals surface area contributed by atoms with Gasteiger partial charge in [-0.05, 0) is 24.1 Å². The van der Waals surface area contributed by atoms with Crippen LogP contribution < -0.4 is 5.73 Å². The van der Waals surface area contributed by atoms with E-state index >= 15 is 0 Å². The van der Waals surface area contributed by atoms with E-state index in [1.165, 1.54) is 0 Å². The van der Waals surface area contributed by atoms with Gasteiger partial charge in [0.25, 0.3) is 0 Å². The van der Waals surface area contributed by atoms with Gasteiger partial charge < -0.3 is 15.9 Å². The molecule has 1 rings (SSSR count). The Morgan fingerprint density at radius 3 is 2.75 bits per heavy atom. The summed E-state index contributed by atoms with van der Waals surface area (Å²) in [6.07, 6.45) is -2.30. The zero-order chi connectivity index (χ0) is 12.1. The zero-order valence-electron chi connectivity index (χ0n) is 8.91.